The average molecular weight is 311 g/mol. The quantitative estimate of drug-likeness (QED) is 0.805. The van der Waals surface area contributed by atoms with Crippen molar-refractivity contribution in [3.63, 3.8) is 0 Å². The molecule has 2 heterocycles. The molecule has 0 bridgehead atoms. The highest BCUT2D eigenvalue weighted by atomic mass is 16.1. The van der Waals surface area contributed by atoms with Crippen molar-refractivity contribution < 1.29 is 0 Å². The summed E-state index contributed by atoms with van der Waals surface area (Å²) in [5.74, 6) is 0.504. The van der Waals surface area contributed by atoms with E-state index in [9.17, 15) is 9.59 Å². The zero-order valence-corrected chi connectivity index (χ0v) is 13.7. The highest BCUT2D eigenvalue weighted by Gasteiger charge is 2.15. The molecular weight excluding hydrogens is 290 g/mol. The lowest BCUT2D eigenvalue weighted by molar-refractivity contribution is 0.503. The molecule has 0 aliphatic rings. The van der Waals surface area contributed by atoms with E-state index in [-0.39, 0.29) is 11.1 Å². The van der Waals surface area contributed by atoms with Gasteiger partial charge in [-0.25, -0.2) is 4.68 Å². The van der Waals surface area contributed by atoms with Crippen LogP contribution in [0.3, 0.4) is 0 Å². The van der Waals surface area contributed by atoms with E-state index in [1.54, 1.807) is 4.57 Å². The van der Waals surface area contributed by atoms with Gasteiger partial charge in [-0.05, 0) is 31.4 Å². The van der Waals surface area contributed by atoms with Crippen LogP contribution in [-0.2, 0) is 6.54 Å². The summed E-state index contributed by atoms with van der Waals surface area (Å²) in [6, 6.07) is 10.9. The van der Waals surface area contributed by atoms with Gasteiger partial charge < -0.3 is 4.57 Å². The molecule has 0 unspecified atom stereocenters. The second-order valence-corrected chi connectivity index (χ2v) is 6.28. The van der Waals surface area contributed by atoms with Gasteiger partial charge in [-0.2, -0.15) is 0 Å². The number of pyridine rings is 1. The van der Waals surface area contributed by atoms with Crippen LogP contribution in [0.15, 0.2) is 46.0 Å². The Labute approximate surface area is 134 Å². The van der Waals surface area contributed by atoms with Gasteiger partial charge in [0.05, 0.1) is 16.6 Å². The number of nitrogens with one attached hydrogen (secondary N) is 1. The van der Waals surface area contributed by atoms with Crippen LogP contribution in [-0.4, -0.2) is 14.3 Å². The molecule has 5 nitrogen and oxygen atoms in total. The van der Waals surface area contributed by atoms with Crippen molar-refractivity contribution in [3.05, 3.63) is 62.8 Å². The zero-order valence-electron chi connectivity index (χ0n) is 13.7. The average Bonchev–Trinajstić information content (AvgIpc) is 2.84. The van der Waals surface area contributed by atoms with Crippen molar-refractivity contribution in [1.82, 2.24) is 14.3 Å². The fourth-order valence-corrected chi connectivity index (χ4v) is 2.83. The van der Waals surface area contributed by atoms with E-state index in [1.165, 1.54) is 10.7 Å². The lowest BCUT2D eigenvalue weighted by Crippen LogP contribution is -2.24. The van der Waals surface area contributed by atoms with Gasteiger partial charge in [-0.3, -0.25) is 14.7 Å². The van der Waals surface area contributed by atoms with Crippen LogP contribution in [0.4, 0.5) is 0 Å². The van der Waals surface area contributed by atoms with Crippen LogP contribution in [0, 0.1) is 12.8 Å². The van der Waals surface area contributed by atoms with Gasteiger partial charge >= 0.3 is 0 Å². The lowest BCUT2D eigenvalue weighted by atomic mass is 10.1. The van der Waals surface area contributed by atoms with Crippen LogP contribution in [0.25, 0.3) is 16.6 Å². The number of hydrogen-bond acceptors (Lipinski definition) is 2. The molecule has 5 heteroatoms. The summed E-state index contributed by atoms with van der Waals surface area (Å²) in [6.45, 7) is 6.72. The Kier molecular flexibility index (Phi) is 3.94. The van der Waals surface area contributed by atoms with Crippen LogP contribution in [0.1, 0.15) is 26.0 Å². The lowest BCUT2D eigenvalue weighted by Gasteiger charge is -2.11. The van der Waals surface area contributed by atoms with E-state index < -0.39 is 0 Å². The third-order valence-electron chi connectivity index (χ3n) is 4.16. The van der Waals surface area contributed by atoms with Crippen LogP contribution in [0.2, 0.25) is 0 Å². The molecule has 2 aromatic heterocycles. The summed E-state index contributed by atoms with van der Waals surface area (Å²) in [7, 11) is 0. The Morgan fingerprint density at radius 3 is 2.48 bits per heavy atom. The highest BCUT2D eigenvalue weighted by Crippen LogP contribution is 2.14. The molecule has 0 aliphatic carbocycles. The molecule has 120 valence electrons. The second kappa shape index (κ2) is 5.91. The van der Waals surface area contributed by atoms with Gasteiger partial charge in [0.1, 0.15) is 0 Å². The Morgan fingerprint density at radius 2 is 1.83 bits per heavy atom. The first-order valence-corrected chi connectivity index (χ1v) is 7.89. The fourth-order valence-electron chi connectivity index (χ4n) is 2.83. The predicted molar refractivity (Wildman–Crippen MR) is 92.3 cm³/mol. The minimum Gasteiger partial charge on any atom is -0.312 e. The van der Waals surface area contributed by atoms with Crippen LogP contribution < -0.4 is 11.1 Å². The number of nitrogens with zero attached hydrogens (tertiary/aromatic N) is 2. The van der Waals surface area contributed by atoms with Crippen molar-refractivity contribution in [3.8, 4) is 5.69 Å². The van der Waals surface area contributed by atoms with Crippen LogP contribution in [0.5, 0.6) is 0 Å². The number of fused-ring (bicyclic) bond motifs is 1. The first kappa shape index (κ1) is 15.3. The van der Waals surface area contributed by atoms with E-state index in [1.807, 2.05) is 37.3 Å². The molecule has 1 aromatic carbocycles. The summed E-state index contributed by atoms with van der Waals surface area (Å²) < 4.78 is 3.19. The standard InChI is InChI=1S/C18H21N3O2/c1-12(2)9-10-20-13(3)17-15(11-16(20)22)19-21(18(17)23)14-7-5-4-6-8-14/h4-8,11-12,19H,9-10H2,1-3H3. The van der Waals surface area contributed by atoms with Crippen molar-refractivity contribution in [2.75, 3.05) is 0 Å². The monoisotopic (exact) mass is 311 g/mol. The van der Waals surface area contributed by atoms with Crippen molar-refractivity contribution in [2.24, 2.45) is 5.92 Å². The second-order valence-electron chi connectivity index (χ2n) is 6.28. The highest BCUT2D eigenvalue weighted by molar-refractivity contribution is 5.80. The molecule has 3 rings (SSSR count). The van der Waals surface area contributed by atoms with Gasteiger partial charge in [0, 0.05) is 18.3 Å². The largest absolute Gasteiger partial charge is 0.312 e. The van der Waals surface area contributed by atoms with Gasteiger partial charge in [0.15, 0.2) is 0 Å². The zero-order chi connectivity index (χ0) is 16.6. The summed E-state index contributed by atoms with van der Waals surface area (Å²) in [6.07, 6.45) is 0.906. The number of aromatic nitrogens is 3. The summed E-state index contributed by atoms with van der Waals surface area (Å²) in [5, 5.41) is 3.63. The number of hydrogen-bond donors (Lipinski definition) is 1. The number of aryl methyl sites for hydroxylation is 1. The molecule has 0 saturated carbocycles. The first-order valence-electron chi connectivity index (χ1n) is 7.89. The number of rotatable bonds is 4. The Hall–Kier alpha value is -2.56. The molecule has 0 spiro atoms. The molecule has 0 radical (unpaired) electrons. The molecule has 0 aliphatic heterocycles. The Morgan fingerprint density at radius 1 is 1.13 bits per heavy atom. The summed E-state index contributed by atoms with van der Waals surface area (Å²) in [4.78, 5) is 25.1. The van der Waals surface area contributed by atoms with Gasteiger partial charge in [0.25, 0.3) is 11.1 Å². The SMILES string of the molecule is Cc1c2c(=O)n(-c3ccccc3)[nH]c2cc(=O)n1CCC(C)C. The van der Waals surface area contributed by atoms with E-state index in [2.05, 4.69) is 18.9 Å². The molecule has 3 aromatic rings. The molecule has 1 N–H and O–H groups in total. The number of aromatic amines is 1. The number of H-pyrrole nitrogens is 1. The van der Waals surface area contributed by atoms with E-state index >= 15 is 0 Å². The maximum Gasteiger partial charge on any atom is 0.280 e. The van der Waals surface area contributed by atoms with E-state index in [0.717, 1.165) is 17.8 Å². The maximum absolute atomic E-state index is 12.8. The van der Waals surface area contributed by atoms with Gasteiger partial charge in [0.2, 0.25) is 0 Å². The van der Waals surface area contributed by atoms with Crippen molar-refractivity contribution in [2.45, 2.75) is 33.7 Å². The predicted octanol–water partition coefficient (Wildman–Crippen LogP) is 2.84. The topological polar surface area (TPSA) is 59.8 Å². The third kappa shape index (κ3) is 2.74. The number of para-hydroxylation sites is 1. The van der Waals surface area contributed by atoms with Crippen LogP contribution >= 0.6 is 0 Å². The van der Waals surface area contributed by atoms with Crippen molar-refractivity contribution >= 4 is 10.9 Å². The van der Waals surface area contributed by atoms with Gasteiger partial charge in [-0.1, -0.05) is 32.0 Å². The van der Waals surface area contributed by atoms with E-state index in [4.69, 9.17) is 0 Å². The molecule has 0 amide bonds. The number of benzene rings is 1. The Balaban J connectivity index is 2.20. The molecular formula is C18H21N3O2. The normalized spacial score (nSPS) is 11.5. The smallest absolute Gasteiger partial charge is 0.280 e. The molecule has 0 saturated heterocycles. The van der Waals surface area contributed by atoms with E-state index in [0.29, 0.717) is 23.4 Å². The third-order valence-corrected chi connectivity index (χ3v) is 4.16. The Bertz CT molecular complexity index is 946. The van der Waals surface area contributed by atoms with Crippen molar-refractivity contribution in [1.29, 1.82) is 0 Å². The summed E-state index contributed by atoms with van der Waals surface area (Å²) >= 11 is 0. The first-order chi connectivity index (χ1) is 11.0. The molecule has 0 fully saturated rings. The maximum atomic E-state index is 12.8. The van der Waals surface area contributed by atoms with Gasteiger partial charge in [-0.15, -0.1) is 0 Å². The minimum absolute atomic E-state index is 0.0721. The minimum atomic E-state index is -0.123. The molecule has 0 atom stereocenters. The molecule has 23 heavy (non-hydrogen) atoms. The summed E-state index contributed by atoms with van der Waals surface area (Å²) in [5.41, 5.74) is 1.87. The fraction of sp³-hybridized carbons (Fsp3) is 0.333.